The van der Waals surface area contributed by atoms with E-state index >= 15 is 8.78 Å². The first-order valence-corrected chi connectivity index (χ1v) is 10.3. The lowest BCUT2D eigenvalue weighted by Gasteiger charge is -2.31. The van der Waals surface area contributed by atoms with Crippen molar-refractivity contribution in [3.8, 4) is 11.3 Å². The second-order valence-corrected chi connectivity index (χ2v) is 8.11. The number of rotatable bonds is 6. The van der Waals surface area contributed by atoms with Gasteiger partial charge in [-0.1, -0.05) is 44.2 Å². The summed E-state index contributed by atoms with van der Waals surface area (Å²) >= 11 is 0. The number of nitrogens with zero attached hydrogens (tertiary/aromatic N) is 3. The van der Waals surface area contributed by atoms with Crippen LogP contribution in [0.4, 0.5) is 8.78 Å². The van der Waals surface area contributed by atoms with Crippen LogP contribution < -0.4 is 0 Å². The van der Waals surface area contributed by atoms with Crippen LogP contribution in [0.3, 0.4) is 0 Å². The molecule has 0 bridgehead atoms. The third kappa shape index (κ3) is 3.20. The predicted octanol–water partition coefficient (Wildman–Crippen LogP) is 5.19. The van der Waals surface area contributed by atoms with Crippen molar-refractivity contribution >= 4 is 5.91 Å². The maximum atomic E-state index is 16.5. The Morgan fingerprint density at radius 2 is 1.77 bits per heavy atom. The van der Waals surface area contributed by atoms with Crippen molar-refractivity contribution in [1.29, 1.82) is 0 Å². The van der Waals surface area contributed by atoms with E-state index in [0.717, 1.165) is 4.90 Å². The molecule has 6 heteroatoms. The SMILES string of the molecule is CCN1C(=O)c2ccc(-c3ccnn3CC(C)C)c(F)c2C1(F)Cc1ccccc1. The van der Waals surface area contributed by atoms with Crippen LogP contribution in [0.2, 0.25) is 0 Å². The zero-order chi connectivity index (χ0) is 21.5. The van der Waals surface area contributed by atoms with E-state index in [1.807, 2.05) is 18.2 Å². The van der Waals surface area contributed by atoms with Crippen molar-refractivity contribution in [2.75, 3.05) is 6.54 Å². The second-order valence-electron chi connectivity index (χ2n) is 8.11. The predicted molar refractivity (Wildman–Crippen MR) is 112 cm³/mol. The van der Waals surface area contributed by atoms with Crippen LogP contribution in [-0.4, -0.2) is 27.1 Å². The average molecular weight is 409 g/mol. The van der Waals surface area contributed by atoms with E-state index in [2.05, 4.69) is 18.9 Å². The zero-order valence-electron chi connectivity index (χ0n) is 17.4. The van der Waals surface area contributed by atoms with Crippen LogP contribution in [0.5, 0.6) is 0 Å². The molecule has 0 radical (unpaired) electrons. The van der Waals surface area contributed by atoms with Gasteiger partial charge in [0.25, 0.3) is 5.91 Å². The van der Waals surface area contributed by atoms with Crippen molar-refractivity contribution in [2.45, 2.75) is 39.5 Å². The van der Waals surface area contributed by atoms with Crippen LogP contribution in [0.25, 0.3) is 11.3 Å². The van der Waals surface area contributed by atoms with E-state index in [1.54, 1.807) is 42.1 Å². The molecular weight excluding hydrogens is 384 g/mol. The Bertz CT molecular complexity index is 1080. The number of aromatic nitrogens is 2. The lowest BCUT2D eigenvalue weighted by Crippen LogP contribution is -2.42. The molecule has 4 rings (SSSR count). The Balaban J connectivity index is 1.87. The minimum atomic E-state index is -2.24. The molecule has 1 aliphatic heterocycles. The van der Waals surface area contributed by atoms with Crippen molar-refractivity contribution in [3.63, 3.8) is 0 Å². The summed E-state index contributed by atoms with van der Waals surface area (Å²) in [6.45, 7) is 6.57. The van der Waals surface area contributed by atoms with Crippen molar-refractivity contribution < 1.29 is 13.6 Å². The van der Waals surface area contributed by atoms with Crippen LogP contribution in [0, 0.1) is 11.7 Å². The van der Waals surface area contributed by atoms with Crippen LogP contribution in [0.1, 0.15) is 42.3 Å². The molecule has 0 saturated heterocycles. The standard InChI is InChI=1S/C24H25F2N3O/c1-4-28-23(30)19-11-10-18(20-12-13-27-29(20)15-16(2)3)22(25)21(19)24(28,26)14-17-8-6-5-7-9-17/h5-13,16H,4,14-15H2,1-3H3. The number of carbonyl (C=O) groups excluding carboxylic acids is 1. The zero-order valence-corrected chi connectivity index (χ0v) is 17.4. The normalized spacial score (nSPS) is 18.3. The molecule has 0 spiro atoms. The molecule has 2 aromatic carbocycles. The first-order chi connectivity index (χ1) is 14.4. The Morgan fingerprint density at radius 3 is 2.43 bits per heavy atom. The molecule has 1 aromatic heterocycles. The van der Waals surface area contributed by atoms with Gasteiger partial charge in [-0.25, -0.2) is 8.78 Å². The van der Waals surface area contributed by atoms with Gasteiger partial charge in [-0.2, -0.15) is 5.10 Å². The number of fused-ring (bicyclic) bond motifs is 1. The molecule has 1 unspecified atom stereocenters. The lowest BCUT2D eigenvalue weighted by atomic mass is 9.92. The number of hydrogen-bond donors (Lipinski definition) is 0. The molecule has 4 nitrogen and oxygen atoms in total. The van der Waals surface area contributed by atoms with Gasteiger partial charge in [0.1, 0.15) is 5.82 Å². The third-order valence-electron chi connectivity index (χ3n) is 5.56. The Morgan fingerprint density at radius 1 is 1.07 bits per heavy atom. The van der Waals surface area contributed by atoms with Gasteiger partial charge in [0.2, 0.25) is 5.79 Å². The highest BCUT2D eigenvalue weighted by Gasteiger charge is 2.52. The molecule has 0 saturated carbocycles. The average Bonchev–Trinajstić information content (AvgIpc) is 3.23. The molecule has 0 aliphatic carbocycles. The topological polar surface area (TPSA) is 38.1 Å². The van der Waals surface area contributed by atoms with Gasteiger partial charge in [0, 0.05) is 31.3 Å². The molecule has 1 amide bonds. The Kier molecular flexibility index (Phi) is 5.18. The number of hydrogen-bond acceptors (Lipinski definition) is 2. The summed E-state index contributed by atoms with van der Waals surface area (Å²) in [6, 6.07) is 13.9. The number of benzene rings is 2. The van der Waals surface area contributed by atoms with Crippen LogP contribution >= 0.6 is 0 Å². The molecular formula is C24H25F2N3O. The second kappa shape index (κ2) is 7.67. The molecule has 0 fully saturated rings. The Hall–Kier alpha value is -3.02. The van der Waals surface area contributed by atoms with Gasteiger partial charge in [0.15, 0.2) is 0 Å². The van der Waals surface area contributed by atoms with E-state index in [9.17, 15) is 4.79 Å². The van der Waals surface area contributed by atoms with E-state index in [0.29, 0.717) is 23.7 Å². The molecule has 30 heavy (non-hydrogen) atoms. The molecule has 1 atom stereocenters. The fraction of sp³-hybridized carbons (Fsp3) is 0.333. The van der Waals surface area contributed by atoms with Crippen molar-refractivity contribution in [3.05, 3.63) is 77.2 Å². The minimum absolute atomic E-state index is 0.0893. The highest BCUT2D eigenvalue weighted by Crippen LogP contribution is 2.46. The summed E-state index contributed by atoms with van der Waals surface area (Å²) in [5, 5.41) is 4.30. The summed E-state index contributed by atoms with van der Waals surface area (Å²) in [6.07, 6.45) is 1.51. The summed E-state index contributed by atoms with van der Waals surface area (Å²) in [7, 11) is 0. The van der Waals surface area contributed by atoms with Gasteiger partial charge in [-0.05, 0) is 36.6 Å². The van der Waals surface area contributed by atoms with Gasteiger partial charge in [-0.15, -0.1) is 0 Å². The van der Waals surface area contributed by atoms with Gasteiger partial charge < -0.3 is 4.90 Å². The number of amides is 1. The molecule has 156 valence electrons. The van der Waals surface area contributed by atoms with Crippen LogP contribution in [0.15, 0.2) is 54.7 Å². The molecule has 0 N–H and O–H groups in total. The fourth-order valence-electron chi connectivity index (χ4n) is 4.27. The lowest BCUT2D eigenvalue weighted by molar-refractivity contribution is -0.0108. The maximum absolute atomic E-state index is 16.5. The molecule has 2 heterocycles. The van der Waals surface area contributed by atoms with Gasteiger partial charge >= 0.3 is 0 Å². The summed E-state index contributed by atoms with van der Waals surface area (Å²) in [5.74, 6) is -3.10. The van der Waals surface area contributed by atoms with E-state index in [1.165, 1.54) is 6.07 Å². The quantitative estimate of drug-likeness (QED) is 0.526. The third-order valence-corrected chi connectivity index (χ3v) is 5.56. The van der Waals surface area contributed by atoms with Crippen molar-refractivity contribution in [2.24, 2.45) is 5.92 Å². The summed E-state index contributed by atoms with van der Waals surface area (Å²) < 4.78 is 34.1. The smallest absolute Gasteiger partial charge is 0.257 e. The number of halogens is 2. The first kappa shape index (κ1) is 20.3. The molecule has 3 aromatic rings. The van der Waals surface area contributed by atoms with Crippen molar-refractivity contribution in [1.82, 2.24) is 14.7 Å². The van der Waals surface area contributed by atoms with E-state index in [-0.39, 0.29) is 29.7 Å². The first-order valence-electron chi connectivity index (χ1n) is 10.3. The fourth-order valence-corrected chi connectivity index (χ4v) is 4.27. The largest absolute Gasteiger partial charge is 0.302 e. The minimum Gasteiger partial charge on any atom is -0.302 e. The summed E-state index contributed by atoms with van der Waals surface area (Å²) in [4.78, 5) is 14.0. The van der Waals surface area contributed by atoms with Gasteiger partial charge in [0.05, 0.1) is 16.8 Å². The van der Waals surface area contributed by atoms with E-state index in [4.69, 9.17) is 0 Å². The summed E-state index contributed by atoms with van der Waals surface area (Å²) in [5.41, 5.74) is 1.45. The maximum Gasteiger partial charge on any atom is 0.257 e. The monoisotopic (exact) mass is 409 g/mol. The number of alkyl halides is 1. The van der Waals surface area contributed by atoms with Crippen LogP contribution in [-0.2, 0) is 18.8 Å². The highest BCUT2D eigenvalue weighted by molar-refractivity contribution is 6.00. The highest BCUT2D eigenvalue weighted by atomic mass is 19.2. The van der Waals surface area contributed by atoms with E-state index < -0.39 is 17.5 Å². The van der Waals surface area contributed by atoms with Gasteiger partial charge in [-0.3, -0.25) is 9.48 Å². The Labute approximate surface area is 175 Å². The number of likely N-dealkylation sites (N-methyl/N-ethyl adjacent to an activating group) is 1. The molecule has 1 aliphatic rings. The number of carbonyl (C=O) groups is 1.